The lowest BCUT2D eigenvalue weighted by Crippen LogP contribution is -2.14. The molecule has 0 atom stereocenters. The maximum atomic E-state index is 11.8. The van der Waals surface area contributed by atoms with Crippen molar-refractivity contribution < 1.29 is 9.53 Å². The van der Waals surface area contributed by atoms with Crippen LogP contribution in [0.15, 0.2) is 60.8 Å². The molecule has 7 heteroatoms. The molecule has 0 aliphatic heterocycles. The van der Waals surface area contributed by atoms with Crippen LogP contribution >= 0.6 is 11.6 Å². The second-order valence-electron chi connectivity index (χ2n) is 5.11. The van der Waals surface area contributed by atoms with E-state index in [1.807, 2.05) is 36.4 Å². The van der Waals surface area contributed by atoms with Gasteiger partial charge in [-0.1, -0.05) is 41.9 Å². The number of amides is 1. The Balaban J connectivity index is 1.63. The molecule has 0 saturated carbocycles. The van der Waals surface area contributed by atoms with E-state index in [0.29, 0.717) is 22.1 Å². The molecule has 0 saturated heterocycles. The number of benzene rings is 2. The molecule has 1 N–H and O–H groups in total. The molecule has 0 aliphatic carbocycles. The van der Waals surface area contributed by atoms with Crippen molar-refractivity contribution in [1.29, 1.82) is 5.26 Å². The molecule has 1 heterocycles. The molecular weight excluding hydrogens is 340 g/mol. The van der Waals surface area contributed by atoms with Gasteiger partial charge in [0.1, 0.15) is 6.61 Å². The average molecular weight is 353 g/mol. The highest BCUT2D eigenvalue weighted by molar-refractivity contribution is 6.32. The van der Waals surface area contributed by atoms with Crippen LogP contribution < -0.4 is 5.32 Å². The molecule has 0 spiro atoms. The Morgan fingerprint density at radius 1 is 1.24 bits per heavy atom. The van der Waals surface area contributed by atoms with E-state index in [2.05, 4.69) is 10.4 Å². The Morgan fingerprint density at radius 2 is 2.04 bits per heavy atom. The normalized spacial score (nSPS) is 10.1. The molecule has 0 aliphatic rings. The van der Waals surface area contributed by atoms with Gasteiger partial charge in [0.05, 0.1) is 22.3 Å². The molecule has 1 amide bonds. The molecular formula is C18H13ClN4O2. The quantitative estimate of drug-likeness (QED) is 0.765. The maximum absolute atomic E-state index is 11.8. The lowest BCUT2D eigenvalue weighted by atomic mass is 10.2. The summed E-state index contributed by atoms with van der Waals surface area (Å²) in [6, 6.07) is 17.9. The van der Waals surface area contributed by atoms with Crippen molar-refractivity contribution in [1.82, 2.24) is 9.78 Å². The van der Waals surface area contributed by atoms with Crippen molar-refractivity contribution in [3.05, 3.63) is 76.9 Å². The summed E-state index contributed by atoms with van der Waals surface area (Å²) in [5, 5.41) is 16.0. The first-order chi connectivity index (χ1) is 12.2. The fraction of sp³-hybridized carbons (Fsp3) is 0.0556. The first kappa shape index (κ1) is 16.6. The number of rotatable bonds is 4. The zero-order valence-electron chi connectivity index (χ0n) is 13.0. The highest BCUT2D eigenvalue weighted by atomic mass is 35.5. The van der Waals surface area contributed by atoms with Gasteiger partial charge in [0.2, 0.25) is 0 Å². The minimum atomic E-state index is -0.597. The number of hydrogen-bond acceptors (Lipinski definition) is 4. The van der Waals surface area contributed by atoms with Crippen molar-refractivity contribution in [2.24, 2.45) is 0 Å². The summed E-state index contributed by atoms with van der Waals surface area (Å²) >= 11 is 6.15. The monoisotopic (exact) mass is 352 g/mol. The van der Waals surface area contributed by atoms with E-state index >= 15 is 0 Å². The second kappa shape index (κ2) is 7.51. The molecule has 25 heavy (non-hydrogen) atoms. The molecule has 0 unspecified atom stereocenters. The van der Waals surface area contributed by atoms with Gasteiger partial charge in [-0.2, -0.15) is 5.26 Å². The SMILES string of the molecule is N#Cc1ccc(-n2ccc(NC(=O)OCc3ccccc3)n2)c(Cl)c1. The Bertz CT molecular complexity index is 932. The summed E-state index contributed by atoms with van der Waals surface area (Å²) in [5.41, 5.74) is 1.96. The topological polar surface area (TPSA) is 79.9 Å². The van der Waals surface area contributed by atoms with Crippen LogP contribution in [0.5, 0.6) is 0 Å². The van der Waals surface area contributed by atoms with E-state index in [-0.39, 0.29) is 6.61 Å². The number of aromatic nitrogens is 2. The summed E-state index contributed by atoms with van der Waals surface area (Å²) in [4.78, 5) is 11.8. The predicted molar refractivity (Wildman–Crippen MR) is 93.5 cm³/mol. The number of nitrogens with one attached hydrogen (secondary N) is 1. The van der Waals surface area contributed by atoms with Crippen LogP contribution in [0, 0.1) is 11.3 Å². The standard InChI is InChI=1S/C18H13ClN4O2/c19-15-10-14(11-20)6-7-16(15)23-9-8-17(22-23)21-18(24)25-12-13-4-2-1-3-5-13/h1-10H,12H2,(H,21,22,24). The van der Waals surface area contributed by atoms with E-state index in [4.69, 9.17) is 21.6 Å². The number of carbonyl (C=O) groups is 1. The molecule has 3 rings (SSSR count). The smallest absolute Gasteiger partial charge is 0.413 e. The Labute approximate surface area is 149 Å². The Morgan fingerprint density at radius 3 is 2.76 bits per heavy atom. The maximum Gasteiger partial charge on any atom is 0.413 e. The fourth-order valence-electron chi connectivity index (χ4n) is 2.15. The minimum Gasteiger partial charge on any atom is -0.444 e. The van der Waals surface area contributed by atoms with Crippen molar-refractivity contribution >= 4 is 23.5 Å². The molecule has 0 radical (unpaired) electrons. The zero-order valence-corrected chi connectivity index (χ0v) is 13.8. The number of hydrogen-bond donors (Lipinski definition) is 1. The first-order valence-electron chi connectivity index (χ1n) is 7.39. The van der Waals surface area contributed by atoms with Crippen LogP contribution in [0.3, 0.4) is 0 Å². The van der Waals surface area contributed by atoms with E-state index in [0.717, 1.165) is 5.56 Å². The molecule has 1 aromatic heterocycles. The van der Waals surface area contributed by atoms with Gasteiger partial charge in [-0.15, -0.1) is 5.10 Å². The van der Waals surface area contributed by atoms with Gasteiger partial charge in [-0.05, 0) is 23.8 Å². The van der Waals surface area contributed by atoms with E-state index < -0.39 is 6.09 Å². The Hall–Kier alpha value is -3.30. The zero-order chi connectivity index (χ0) is 17.6. The van der Waals surface area contributed by atoms with Gasteiger partial charge in [-0.3, -0.25) is 5.32 Å². The number of ether oxygens (including phenoxy) is 1. The van der Waals surface area contributed by atoms with Crippen LogP contribution in [-0.2, 0) is 11.3 Å². The summed E-state index contributed by atoms with van der Waals surface area (Å²) < 4.78 is 6.65. The Kier molecular flexibility index (Phi) is 4.97. The van der Waals surface area contributed by atoms with E-state index in [1.165, 1.54) is 4.68 Å². The molecule has 6 nitrogen and oxygen atoms in total. The fourth-order valence-corrected chi connectivity index (χ4v) is 2.42. The van der Waals surface area contributed by atoms with Gasteiger partial charge >= 0.3 is 6.09 Å². The summed E-state index contributed by atoms with van der Waals surface area (Å²) in [6.07, 6.45) is 1.06. The lowest BCUT2D eigenvalue weighted by Gasteiger charge is -2.06. The van der Waals surface area contributed by atoms with Crippen LogP contribution in [0.2, 0.25) is 5.02 Å². The summed E-state index contributed by atoms with van der Waals surface area (Å²) in [7, 11) is 0. The first-order valence-corrected chi connectivity index (χ1v) is 7.77. The average Bonchev–Trinajstić information content (AvgIpc) is 3.08. The third-order valence-electron chi connectivity index (χ3n) is 3.36. The predicted octanol–water partition coefficient (Wildman–Crippen LogP) is 4.15. The molecule has 124 valence electrons. The van der Waals surface area contributed by atoms with Gasteiger partial charge in [0, 0.05) is 12.3 Å². The van der Waals surface area contributed by atoms with E-state index in [1.54, 1.807) is 30.5 Å². The third-order valence-corrected chi connectivity index (χ3v) is 3.66. The van der Waals surface area contributed by atoms with Crippen molar-refractivity contribution in [2.45, 2.75) is 6.61 Å². The molecule has 0 fully saturated rings. The number of anilines is 1. The van der Waals surface area contributed by atoms with Gasteiger partial charge in [0.15, 0.2) is 5.82 Å². The summed E-state index contributed by atoms with van der Waals surface area (Å²) in [6.45, 7) is 0.175. The number of nitrogens with zero attached hydrogens (tertiary/aromatic N) is 3. The third kappa shape index (κ3) is 4.16. The number of halogens is 1. The van der Waals surface area contributed by atoms with Crippen LogP contribution in [0.1, 0.15) is 11.1 Å². The minimum absolute atomic E-state index is 0.175. The van der Waals surface area contributed by atoms with Gasteiger partial charge in [0.25, 0.3) is 0 Å². The van der Waals surface area contributed by atoms with Crippen LogP contribution in [0.25, 0.3) is 5.69 Å². The van der Waals surface area contributed by atoms with Gasteiger partial charge in [-0.25, -0.2) is 9.48 Å². The molecule has 2 aromatic carbocycles. The highest BCUT2D eigenvalue weighted by Gasteiger charge is 2.09. The number of nitriles is 1. The van der Waals surface area contributed by atoms with Crippen molar-refractivity contribution in [2.75, 3.05) is 5.32 Å². The van der Waals surface area contributed by atoms with Crippen LogP contribution in [0.4, 0.5) is 10.6 Å². The van der Waals surface area contributed by atoms with Crippen molar-refractivity contribution in [3.63, 3.8) is 0 Å². The van der Waals surface area contributed by atoms with Crippen LogP contribution in [-0.4, -0.2) is 15.9 Å². The second-order valence-corrected chi connectivity index (χ2v) is 5.52. The van der Waals surface area contributed by atoms with Gasteiger partial charge < -0.3 is 4.74 Å². The number of carbonyl (C=O) groups excluding carboxylic acids is 1. The van der Waals surface area contributed by atoms with Crippen molar-refractivity contribution in [3.8, 4) is 11.8 Å². The van der Waals surface area contributed by atoms with E-state index in [9.17, 15) is 4.79 Å². The highest BCUT2D eigenvalue weighted by Crippen LogP contribution is 2.22. The largest absolute Gasteiger partial charge is 0.444 e. The lowest BCUT2D eigenvalue weighted by molar-refractivity contribution is 0.155. The summed E-state index contributed by atoms with van der Waals surface area (Å²) in [5.74, 6) is 0.332. The molecule has 3 aromatic rings. The molecule has 0 bridgehead atoms.